The Morgan fingerprint density at radius 2 is 1.55 bits per heavy atom. The predicted molar refractivity (Wildman–Crippen MR) is 151 cm³/mol. The van der Waals surface area contributed by atoms with Crippen LogP contribution in [0.25, 0.3) is 0 Å². The van der Waals surface area contributed by atoms with Gasteiger partial charge in [0.05, 0.1) is 5.41 Å². The zero-order chi connectivity index (χ0) is 27.9. The Morgan fingerprint density at radius 1 is 0.842 bits per heavy atom. The molecule has 0 saturated heterocycles. The van der Waals surface area contributed by atoms with Crippen LogP contribution in [-0.4, -0.2) is 23.1 Å². The summed E-state index contributed by atoms with van der Waals surface area (Å²) in [7, 11) is 0. The molecule has 3 unspecified atom stereocenters. The zero-order valence-corrected chi connectivity index (χ0v) is 25.7. The van der Waals surface area contributed by atoms with Crippen LogP contribution in [0, 0.1) is 62.6 Å². The normalized spacial score (nSPS) is 49.4. The Bertz CT molecular complexity index is 954. The molecule has 0 spiro atoms. The van der Waals surface area contributed by atoms with Gasteiger partial charge in [0, 0.05) is 11.8 Å². The summed E-state index contributed by atoms with van der Waals surface area (Å²) in [5, 5.41) is 10.6. The Hall–Kier alpha value is -1.06. The Morgan fingerprint density at radius 3 is 2.18 bits per heavy atom. The number of ether oxygens (including phenoxy) is 1. The van der Waals surface area contributed by atoms with Crippen molar-refractivity contribution in [2.24, 2.45) is 62.6 Å². The van der Waals surface area contributed by atoms with Crippen LogP contribution in [0.5, 0.6) is 0 Å². The van der Waals surface area contributed by atoms with Gasteiger partial charge in [-0.25, -0.2) is 0 Å². The predicted octanol–water partition coefficient (Wildman–Crippen LogP) is 8.52. The fourth-order valence-electron chi connectivity index (χ4n) is 12.4. The number of rotatable bonds is 5. The van der Waals surface area contributed by atoms with Gasteiger partial charge in [-0.1, -0.05) is 55.4 Å². The molecule has 0 aromatic rings. The monoisotopic (exact) mass is 528 g/mol. The third-order valence-electron chi connectivity index (χ3n) is 14.4. The molecular weight excluding hydrogens is 472 g/mol. The largest absolute Gasteiger partial charge is 0.481 e. The Kier molecular flexibility index (Phi) is 6.92. The van der Waals surface area contributed by atoms with Gasteiger partial charge in [-0.15, -0.1) is 0 Å². The molecule has 4 nitrogen and oxygen atoms in total. The fraction of sp³-hybridized carbons (Fsp3) is 0.941. The SMILES string of the molecule is CCCC(=O)O[C@H]1CC[C@@]2(C)C(CC[C@]3(C)C2CCC2[C@@H]4[C@H](C(C)C)CC[C@]4(C(=O)O)CC[C@]23C)C1(C)C. The standard InChI is InChI=1S/C34H56O4/c1-9-10-27(35)38-26-15-16-31(6)24(30(26,4)5)14-17-33(8)25(31)12-11-23-28-22(21(2)3)13-18-34(28,29(36)37)20-19-32(23,33)7/h21-26,28H,9-20H2,1-8H3,(H,36,37)/t22-,23?,24?,25?,26-,28-,31-,32+,33+,34-/m0/s1. The van der Waals surface area contributed by atoms with E-state index < -0.39 is 11.4 Å². The van der Waals surface area contributed by atoms with Crippen molar-refractivity contribution in [3.8, 4) is 0 Å². The van der Waals surface area contributed by atoms with Gasteiger partial charge in [-0.05, 0) is 122 Å². The molecular formula is C34H56O4. The average molecular weight is 529 g/mol. The number of carbonyl (C=O) groups excluding carboxylic acids is 1. The van der Waals surface area contributed by atoms with Crippen molar-refractivity contribution in [2.45, 2.75) is 139 Å². The van der Waals surface area contributed by atoms with Crippen LogP contribution in [0.15, 0.2) is 0 Å². The number of carboxylic acid groups (broad SMARTS) is 1. The molecule has 216 valence electrons. The lowest BCUT2D eigenvalue weighted by molar-refractivity contribution is -0.251. The molecule has 0 radical (unpaired) electrons. The molecule has 38 heavy (non-hydrogen) atoms. The van der Waals surface area contributed by atoms with Crippen LogP contribution in [0.2, 0.25) is 0 Å². The Labute approximate surface area is 232 Å². The molecule has 0 bridgehead atoms. The maximum Gasteiger partial charge on any atom is 0.309 e. The van der Waals surface area contributed by atoms with E-state index in [1.807, 2.05) is 6.92 Å². The molecule has 0 aliphatic heterocycles. The van der Waals surface area contributed by atoms with Crippen LogP contribution in [0.3, 0.4) is 0 Å². The highest BCUT2D eigenvalue weighted by Crippen LogP contribution is 2.77. The first-order chi connectivity index (χ1) is 17.7. The van der Waals surface area contributed by atoms with E-state index in [9.17, 15) is 14.7 Å². The highest BCUT2D eigenvalue weighted by molar-refractivity contribution is 5.76. The summed E-state index contributed by atoms with van der Waals surface area (Å²) in [5.41, 5.74) is 0.157. The fourth-order valence-corrected chi connectivity index (χ4v) is 12.4. The molecule has 0 aromatic carbocycles. The summed E-state index contributed by atoms with van der Waals surface area (Å²) in [5.74, 6) is 2.60. The topological polar surface area (TPSA) is 63.6 Å². The van der Waals surface area contributed by atoms with Gasteiger partial charge in [0.1, 0.15) is 6.10 Å². The minimum absolute atomic E-state index is 0.0191. The molecule has 0 amide bonds. The third kappa shape index (κ3) is 3.65. The summed E-state index contributed by atoms with van der Waals surface area (Å²) in [6, 6.07) is 0. The lowest BCUT2D eigenvalue weighted by Crippen LogP contribution is -2.67. The van der Waals surface area contributed by atoms with E-state index in [1.165, 1.54) is 25.7 Å². The number of esters is 1. The van der Waals surface area contributed by atoms with Crippen molar-refractivity contribution >= 4 is 11.9 Å². The van der Waals surface area contributed by atoms with Gasteiger partial charge in [0.15, 0.2) is 0 Å². The van der Waals surface area contributed by atoms with Gasteiger partial charge in [-0.2, -0.15) is 0 Å². The van der Waals surface area contributed by atoms with Crippen molar-refractivity contribution in [3.63, 3.8) is 0 Å². The summed E-state index contributed by atoms with van der Waals surface area (Å²) in [6.45, 7) is 19.3. The molecule has 5 saturated carbocycles. The van der Waals surface area contributed by atoms with E-state index in [0.29, 0.717) is 41.9 Å². The molecule has 0 aromatic heterocycles. The average Bonchev–Trinajstić information content (AvgIpc) is 3.23. The molecule has 5 rings (SSSR count). The molecule has 10 atom stereocenters. The van der Waals surface area contributed by atoms with Gasteiger partial charge < -0.3 is 9.84 Å². The zero-order valence-electron chi connectivity index (χ0n) is 25.7. The van der Waals surface area contributed by atoms with E-state index in [0.717, 1.165) is 44.9 Å². The van der Waals surface area contributed by atoms with Crippen molar-refractivity contribution < 1.29 is 19.4 Å². The first-order valence-electron chi connectivity index (χ1n) is 16.1. The minimum Gasteiger partial charge on any atom is -0.481 e. The first kappa shape index (κ1) is 28.5. The second-order valence-electron chi connectivity index (χ2n) is 16.2. The van der Waals surface area contributed by atoms with Crippen LogP contribution in [0.4, 0.5) is 0 Å². The summed E-state index contributed by atoms with van der Waals surface area (Å²) in [6.07, 6.45) is 12.3. The maximum absolute atomic E-state index is 12.9. The van der Waals surface area contributed by atoms with Crippen molar-refractivity contribution in [2.75, 3.05) is 0 Å². The van der Waals surface area contributed by atoms with Crippen LogP contribution in [0.1, 0.15) is 132 Å². The second-order valence-corrected chi connectivity index (χ2v) is 16.2. The Balaban J connectivity index is 1.47. The smallest absolute Gasteiger partial charge is 0.309 e. The highest BCUT2D eigenvalue weighted by Gasteiger charge is 2.72. The van der Waals surface area contributed by atoms with Gasteiger partial charge >= 0.3 is 11.9 Å². The minimum atomic E-state index is -0.506. The van der Waals surface area contributed by atoms with E-state index in [2.05, 4.69) is 48.5 Å². The third-order valence-corrected chi connectivity index (χ3v) is 14.4. The molecule has 5 aliphatic rings. The van der Waals surface area contributed by atoms with E-state index in [1.54, 1.807) is 0 Å². The molecule has 5 aliphatic carbocycles. The van der Waals surface area contributed by atoms with E-state index >= 15 is 0 Å². The van der Waals surface area contributed by atoms with E-state index in [4.69, 9.17) is 4.74 Å². The van der Waals surface area contributed by atoms with Crippen LogP contribution >= 0.6 is 0 Å². The van der Waals surface area contributed by atoms with Gasteiger partial charge in [0.2, 0.25) is 0 Å². The highest BCUT2D eigenvalue weighted by atomic mass is 16.5. The number of hydrogen-bond donors (Lipinski definition) is 1. The number of carbonyl (C=O) groups is 2. The lowest BCUT2D eigenvalue weighted by atomic mass is 9.32. The van der Waals surface area contributed by atoms with Crippen molar-refractivity contribution in [1.29, 1.82) is 0 Å². The second kappa shape index (κ2) is 9.23. The molecule has 4 heteroatoms. The van der Waals surface area contributed by atoms with Crippen LogP contribution in [-0.2, 0) is 14.3 Å². The summed E-state index contributed by atoms with van der Waals surface area (Å²) < 4.78 is 6.13. The summed E-state index contributed by atoms with van der Waals surface area (Å²) in [4.78, 5) is 25.4. The van der Waals surface area contributed by atoms with E-state index in [-0.39, 0.29) is 33.7 Å². The van der Waals surface area contributed by atoms with Gasteiger partial charge in [-0.3, -0.25) is 9.59 Å². The van der Waals surface area contributed by atoms with Gasteiger partial charge in [0.25, 0.3) is 0 Å². The number of fused-ring (bicyclic) bond motifs is 7. The molecule has 5 fully saturated rings. The maximum atomic E-state index is 12.9. The number of hydrogen-bond acceptors (Lipinski definition) is 3. The quantitative estimate of drug-likeness (QED) is 0.363. The molecule has 1 N–H and O–H groups in total. The lowest BCUT2D eigenvalue weighted by Gasteiger charge is -2.72. The first-order valence-corrected chi connectivity index (χ1v) is 16.1. The van der Waals surface area contributed by atoms with Crippen molar-refractivity contribution in [3.05, 3.63) is 0 Å². The number of carboxylic acids is 1. The summed E-state index contributed by atoms with van der Waals surface area (Å²) >= 11 is 0. The van der Waals surface area contributed by atoms with Crippen LogP contribution < -0.4 is 0 Å². The van der Waals surface area contributed by atoms with Crippen molar-refractivity contribution in [1.82, 2.24) is 0 Å². The molecule has 0 heterocycles. The number of aliphatic carboxylic acids is 1.